The van der Waals surface area contributed by atoms with Gasteiger partial charge in [0.2, 0.25) is 0 Å². The highest BCUT2D eigenvalue weighted by Crippen LogP contribution is 2.68. The number of fused-ring (bicyclic) bond motifs is 7. The topological polar surface area (TPSA) is 12.5 Å². The summed E-state index contributed by atoms with van der Waals surface area (Å²) in [6, 6.07) is 0.279. The van der Waals surface area contributed by atoms with Crippen molar-refractivity contribution in [3.63, 3.8) is 0 Å². The second kappa shape index (κ2) is 12.6. The summed E-state index contributed by atoms with van der Waals surface area (Å²) >= 11 is 1.37. The summed E-state index contributed by atoms with van der Waals surface area (Å²) in [4.78, 5) is 1.63. The summed E-state index contributed by atoms with van der Waals surface area (Å²) in [6.45, 7) is 14.8. The summed E-state index contributed by atoms with van der Waals surface area (Å²) < 4.78 is 137. The SMILES string of the molecule is [2H]c1sc2c(c1C13CC4CC(CC(C4)C1)C3)Oc1c([2H])c(C(C)(C)C)c([2H])c3c1B2c1cc2c(cc1N3c1c([2H])c([2H])c(C(C)(C)C)c([2H])c1[2H])C(c1c(F)c([2H])c([2H])c([2H])c1F)C1(C)CCCCC21C. The van der Waals surface area contributed by atoms with E-state index in [-0.39, 0.29) is 64.4 Å². The summed E-state index contributed by atoms with van der Waals surface area (Å²) in [7, 11) is 0. The lowest BCUT2D eigenvalue weighted by atomic mass is 9.36. The highest BCUT2D eigenvalue weighted by molar-refractivity contribution is 7.27. The van der Waals surface area contributed by atoms with Gasteiger partial charge in [0.25, 0.3) is 6.71 Å². The standard InChI is InChI=1S/C55H60BF2NOS/c1-51(2,3)34-14-16-36(17-15-34)59-43-25-37-38(53(7)18-9-10-19-54(53,8)47(37)46-41(57)12-11-13-42(46)58)26-40(43)56-48-44(59)23-35(52(4,5)6)24-45(48)60-49-39(30-61-50(49)56)55-27-31-20-32(28-55)22-33(21-31)29-55/h11-17,23-26,30-33,47H,9-10,18-22,27-29H2,1-8H3/i11D,12D,13D,14D,15D,16D,17D,23D,24D,30D. The first kappa shape index (κ1) is 29.5. The van der Waals surface area contributed by atoms with Gasteiger partial charge in [-0.15, -0.1) is 0 Å². The fourth-order valence-electron chi connectivity index (χ4n) is 14.1. The number of anilines is 3. The third kappa shape index (κ3) is 5.30. The molecule has 0 saturated heterocycles. The molecular formula is C55H60BF2NOS. The minimum atomic E-state index is -1.18. The molecule has 4 aromatic carbocycles. The van der Waals surface area contributed by atoms with Crippen molar-refractivity contribution in [1.82, 2.24) is 0 Å². The first-order chi connectivity index (χ1) is 33.2. The van der Waals surface area contributed by atoms with Gasteiger partial charge >= 0.3 is 0 Å². The third-order valence-corrected chi connectivity index (χ3v) is 17.8. The fourth-order valence-corrected chi connectivity index (χ4v) is 15.2. The average molecular weight is 842 g/mol. The summed E-state index contributed by atoms with van der Waals surface area (Å²) in [5, 5.41) is 0.426. The first-order valence-corrected chi connectivity index (χ1v) is 23.5. The molecule has 6 aliphatic carbocycles. The maximum absolute atomic E-state index is 17.0. The normalized spacial score (nSPS) is 32.7. The van der Waals surface area contributed by atoms with Gasteiger partial charge in [-0.3, -0.25) is 0 Å². The minimum Gasteiger partial charge on any atom is -0.457 e. The van der Waals surface area contributed by atoms with Gasteiger partial charge in [0.15, 0.2) is 0 Å². The second-order valence-corrected chi connectivity index (χ2v) is 23.4. The van der Waals surface area contributed by atoms with Crippen molar-refractivity contribution < 1.29 is 27.2 Å². The van der Waals surface area contributed by atoms with Crippen molar-refractivity contribution in [3.05, 3.63) is 117 Å². The van der Waals surface area contributed by atoms with Crippen molar-refractivity contribution in [3.8, 4) is 11.5 Å². The average Bonchev–Trinajstić information content (AvgIpc) is 3.72. The van der Waals surface area contributed by atoms with Crippen LogP contribution in [0.4, 0.5) is 25.8 Å². The zero-order valence-electron chi connectivity index (χ0n) is 46.6. The molecule has 8 aliphatic rings. The van der Waals surface area contributed by atoms with Crippen LogP contribution < -0.4 is 25.3 Å². The Morgan fingerprint density at radius 3 is 2.07 bits per heavy atom. The van der Waals surface area contributed by atoms with Gasteiger partial charge < -0.3 is 9.64 Å². The Balaban J connectivity index is 1.24. The van der Waals surface area contributed by atoms with Crippen LogP contribution in [0.2, 0.25) is 0 Å². The lowest BCUT2D eigenvalue weighted by Gasteiger charge is -2.57. The molecule has 61 heavy (non-hydrogen) atoms. The molecule has 0 spiro atoms. The highest BCUT2D eigenvalue weighted by Gasteiger charge is 2.61. The number of benzene rings is 4. The molecule has 3 heterocycles. The minimum absolute atomic E-state index is 0.0462. The zero-order chi connectivity index (χ0) is 50.9. The molecule has 4 bridgehead atoms. The number of ether oxygens (including phenoxy) is 1. The predicted molar refractivity (Wildman–Crippen MR) is 250 cm³/mol. The molecule has 0 radical (unpaired) electrons. The quantitative estimate of drug-likeness (QED) is 0.164. The molecule has 0 amide bonds. The molecule has 314 valence electrons. The van der Waals surface area contributed by atoms with Crippen LogP contribution in [0.3, 0.4) is 0 Å². The predicted octanol–water partition coefficient (Wildman–Crippen LogP) is 13.5. The molecule has 5 saturated carbocycles. The molecule has 2 nitrogen and oxygen atoms in total. The van der Waals surface area contributed by atoms with Gasteiger partial charge in [-0.2, -0.15) is 11.3 Å². The van der Waals surface area contributed by atoms with Crippen molar-refractivity contribution in [2.45, 2.75) is 147 Å². The number of halogens is 2. The van der Waals surface area contributed by atoms with E-state index in [1.807, 2.05) is 54.5 Å². The monoisotopic (exact) mass is 842 g/mol. The van der Waals surface area contributed by atoms with Crippen LogP contribution in [-0.4, -0.2) is 6.71 Å². The van der Waals surface area contributed by atoms with Crippen LogP contribution >= 0.6 is 11.3 Å². The summed E-state index contributed by atoms with van der Waals surface area (Å²) in [5.74, 6) is -0.837. The number of hydrogen-bond donors (Lipinski definition) is 0. The van der Waals surface area contributed by atoms with Gasteiger partial charge in [-0.25, -0.2) is 8.78 Å². The van der Waals surface area contributed by atoms with Crippen LogP contribution in [0.5, 0.6) is 11.5 Å². The number of thiophene rings is 1. The Labute approximate surface area is 380 Å². The van der Waals surface area contributed by atoms with E-state index >= 15 is 8.78 Å². The molecule has 5 fully saturated rings. The molecule has 3 atom stereocenters. The Hall–Kier alpha value is -3.90. The maximum Gasteiger partial charge on any atom is 0.268 e. The van der Waals surface area contributed by atoms with Crippen LogP contribution in [0.1, 0.15) is 173 Å². The maximum atomic E-state index is 17.0. The van der Waals surface area contributed by atoms with E-state index in [4.69, 9.17) is 8.85 Å². The number of nitrogens with zero attached hydrogens (tertiary/aromatic N) is 1. The second-order valence-electron chi connectivity index (χ2n) is 22.6. The molecule has 1 aromatic heterocycles. The van der Waals surface area contributed by atoms with E-state index in [1.54, 1.807) is 4.90 Å². The molecule has 2 aliphatic heterocycles. The lowest BCUT2D eigenvalue weighted by molar-refractivity contribution is -0.00572. The van der Waals surface area contributed by atoms with Crippen molar-refractivity contribution >= 4 is 50.8 Å². The van der Waals surface area contributed by atoms with E-state index in [0.717, 1.165) is 48.0 Å². The molecule has 5 aromatic rings. The Bertz CT molecular complexity index is 3160. The van der Waals surface area contributed by atoms with Gasteiger partial charge in [0.1, 0.15) is 23.1 Å². The van der Waals surface area contributed by atoms with Crippen LogP contribution in [-0.2, 0) is 21.7 Å². The van der Waals surface area contributed by atoms with E-state index in [0.29, 0.717) is 69.4 Å². The van der Waals surface area contributed by atoms with Crippen LogP contribution in [0, 0.1) is 34.8 Å². The van der Waals surface area contributed by atoms with Crippen LogP contribution in [0.25, 0.3) is 0 Å². The highest BCUT2D eigenvalue weighted by atomic mass is 32.1. The van der Waals surface area contributed by atoms with E-state index < -0.39 is 69.6 Å². The smallest absolute Gasteiger partial charge is 0.268 e. The number of hydrogen-bond acceptors (Lipinski definition) is 3. The molecule has 3 unspecified atom stereocenters. The van der Waals surface area contributed by atoms with Crippen molar-refractivity contribution in [2.24, 2.45) is 23.2 Å². The van der Waals surface area contributed by atoms with Gasteiger partial charge in [0, 0.05) is 44.3 Å². The summed E-state index contributed by atoms with van der Waals surface area (Å²) in [6.07, 6.45) is 9.39. The fraction of sp³-hybridized carbons (Fsp3) is 0.491. The Kier molecular flexibility index (Phi) is 6.10. The van der Waals surface area contributed by atoms with E-state index in [9.17, 15) is 9.60 Å². The third-order valence-electron chi connectivity index (χ3n) is 16.9. The Morgan fingerprint density at radius 1 is 0.787 bits per heavy atom. The van der Waals surface area contributed by atoms with Gasteiger partial charge in [-0.05, 0) is 172 Å². The van der Waals surface area contributed by atoms with E-state index in [2.05, 4.69) is 13.0 Å². The van der Waals surface area contributed by atoms with E-state index in [1.165, 1.54) is 30.6 Å². The largest absolute Gasteiger partial charge is 0.457 e. The Morgan fingerprint density at radius 2 is 1.43 bits per heavy atom. The van der Waals surface area contributed by atoms with Crippen molar-refractivity contribution in [1.29, 1.82) is 0 Å². The molecule has 0 N–H and O–H groups in total. The molecular weight excluding hydrogens is 771 g/mol. The van der Waals surface area contributed by atoms with Gasteiger partial charge in [0.05, 0.1) is 13.7 Å². The summed E-state index contributed by atoms with van der Waals surface area (Å²) in [5.41, 5.74) is 0.657. The van der Waals surface area contributed by atoms with Crippen LogP contribution in [0.15, 0.2) is 71.9 Å². The van der Waals surface area contributed by atoms with Crippen molar-refractivity contribution in [2.75, 3.05) is 4.90 Å². The molecule has 6 heteroatoms. The first-order valence-electron chi connectivity index (χ1n) is 27.7. The zero-order valence-corrected chi connectivity index (χ0v) is 37.4. The van der Waals surface area contributed by atoms with Gasteiger partial charge in [-0.1, -0.05) is 92.4 Å². The lowest BCUT2D eigenvalue weighted by Crippen LogP contribution is -2.59. The number of rotatable bonds is 3. The molecule has 13 rings (SSSR count).